The summed E-state index contributed by atoms with van der Waals surface area (Å²) in [5.41, 5.74) is 5.53. The lowest BCUT2D eigenvalue weighted by atomic mass is 10.2. The van der Waals surface area contributed by atoms with Crippen LogP contribution in [0.5, 0.6) is 0 Å². The van der Waals surface area contributed by atoms with Gasteiger partial charge in [0.1, 0.15) is 5.82 Å². The van der Waals surface area contributed by atoms with E-state index in [-0.39, 0.29) is 0 Å². The maximum absolute atomic E-state index is 4.66. The van der Waals surface area contributed by atoms with Crippen LogP contribution in [0.3, 0.4) is 0 Å². The van der Waals surface area contributed by atoms with Gasteiger partial charge in [0.25, 0.3) is 0 Å². The number of hydrogen-bond acceptors (Lipinski definition) is 2. The molecular formula is C15H15N3. The fourth-order valence-corrected chi connectivity index (χ4v) is 2.11. The van der Waals surface area contributed by atoms with Crippen LogP contribution >= 0.6 is 0 Å². The normalized spacial score (nSPS) is 10.8. The quantitative estimate of drug-likeness (QED) is 0.715. The van der Waals surface area contributed by atoms with Crippen molar-refractivity contribution in [3.8, 4) is 11.4 Å². The van der Waals surface area contributed by atoms with E-state index in [0.29, 0.717) is 0 Å². The Morgan fingerprint density at radius 3 is 2.50 bits per heavy atom. The number of nitrogens with one attached hydrogen (secondary N) is 2. The van der Waals surface area contributed by atoms with Gasteiger partial charge in [-0.2, -0.15) is 0 Å². The van der Waals surface area contributed by atoms with Crippen molar-refractivity contribution in [1.29, 1.82) is 0 Å². The molecule has 0 spiro atoms. The van der Waals surface area contributed by atoms with Crippen LogP contribution in [0.15, 0.2) is 42.5 Å². The van der Waals surface area contributed by atoms with E-state index >= 15 is 0 Å². The molecule has 2 aromatic carbocycles. The summed E-state index contributed by atoms with van der Waals surface area (Å²) in [5, 5.41) is 3.11. The van der Waals surface area contributed by atoms with Crippen molar-refractivity contribution in [3.63, 3.8) is 0 Å². The number of aromatic amines is 1. The van der Waals surface area contributed by atoms with Gasteiger partial charge in [-0.1, -0.05) is 12.1 Å². The monoisotopic (exact) mass is 237 g/mol. The highest BCUT2D eigenvalue weighted by atomic mass is 14.9. The van der Waals surface area contributed by atoms with Crippen LogP contribution in [0.2, 0.25) is 0 Å². The molecule has 0 aliphatic heterocycles. The molecule has 0 saturated heterocycles. The molecule has 1 aromatic heterocycles. The predicted molar refractivity (Wildman–Crippen MR) is 75.8 cm³/mol. The van der Waals surface area contributed by atoms with Crippen LogP contribution in [0.1, 0.15) is 5.56 Å². The third kappa shape index (κ3) is 1.74. The number of nitrogens with zero attached hydrogens (tertiary/aromatic N) is 1. The van der Waals surface area contributed by atoms with Crippen molar-refractivity contribution in [1.82, 2.24) is 9.97 Å². The van der Waals surface area contributed by atoms with Crippen LogP contribution in [0.25, 0.3) is 22.4 Å². The zero-order valence-corrected chi connectivity index (χ0v) is 10.5. The SMILES string of the molecule is CNc1ccc(-c2nc3c(C)cccc3[nH]2)cc1. The average Bonchev–Trinajstić information content (AvgIpc) is 2.84. The molecular weight excluding hydrogens is 222 g/mol. The van der Waals surface area contributed by atoms with E-state index in [0.717, 1.165) is 28.1 Å². The first-order valence-corrected chi connectivity index (χ1v) is 6.01. The number of hydrogen-bond donors (Lipinski definition) is 2. The summed E-state index contributed by atoms with van der Waals surface area (Å²) in [4.78, 5) is 8.02. The summed E-state index contributed by atoms with van der Waals surface area (Å²) in [6.07, 6.45) is 0. The van der Waals surface area contributed by atoms with Crippen LogP contribution in [0.4, 0.5) is 5.69 Å². The molecule has 1 heterocycles. The Balaban J connectivity index is 2.10. The molecule has 3 nitrogen and oxygen atoms in total. The van der Waals surface area contributed by atoms with E-state index in [1.165, 1.54) is 5.56 Å². The Kier molecular flexibility index (Phi) is 2.52. The second kappa shape index (κ2) is 4.18. The van der Waals surface area contributed by atoms with Gasteiger partial charge in [-0.3, -0.25) is 0 Å². The fourth-order valence-electron chi connectivity index (χ4n) is 2.11. The maximum Gasteiger partial charge on any atom is 0.138 e. The molecule has 18 heavy (non-hydrogen) atoms. The lowest BCUT2D eigenvalue weighted by Crippen LogP contribution is -1.87. The first-order valence-electron chi connectivity index (χ1n) is 6.01. The molecule has 0 fully saturated rings. The highest BCUT2D eigenvalue weighted by Crippen LogP contribution is 2.23. The molecule has 0 amide bonds. The number of imidazole rings is 1. The van der Waals surface area contributed by atoms with Crippen molar-refractivity contribution in [2.24, 2.45) is 0 Å². The van der Waals surface area contributed by atoms with Crippen molar-refractivity contribution in [2.75, 3.05) is 12.4 Å². The summed E-state index contributed by atoms with van der Waals surface area (Å²) in [6, 6.07) is 14.4. The van der Waals surface area contributed by atoms with Crippen molar-refractivity contribution in [2.45, 2.75) is 6.92 Å². The number of aromatic nitrogens is 2. The molecule has 0 unspecified atom stereocenters. The number of H-pyrrole nitrogens is 1. The van der Waals surface area contributed by atoms with E-state index < -0.39 is 0 Å². The zero-order chi connectivity index (χ0) is 12.5. The van der Waals surface area contributed by atoms with Gasteiger partial charge in [0.2, 0.25) is 0 Å². The molecule has 90 valence electrons. The van der Waals surface area contributed by atoms with Gasteiger partial charge in [0.05, 0.1) is 11.0 Å². The van der Waals surface area contributed by atoms with Crippen LogP contribution in [-0.2, 0) is 0 Å². The minimum Gasteiger partial charge on any atom is -0.388 e. The summed E-state index contributed by atoms with van der Waals surface area (Å²) < 4.78 is 0. The topological polar surface area (TPSA) is 40.7 Å². The van der Waals surface area contributed by atoms with E-state index in [2.05, 4.69) is 58.6 Å². The maximum atomic E-state index is 4.66. The van der Waals surface area contributed by atoms with Gasteiger partial charge >= 0.3 is 0 Å². The minimum absolute atomic E-state index is 0.918. The number of fused-ring (bicyclic) bond motifs is 1. The molecule has 0 atom stereocenters. The Morgan fingerprint density at radius 1 is 1.06 bits per heavy atom. The molecule has 2 N–H and O–H groups in total. The second-order valence-electron chi connectivity index (χ2n) is 4.38. The Morgan fingerprint density at radius 2 is 1.83 bits per heavy atom. The highest BCUT2D eigenvalue weighted by Gasteiger charge is 2.06. The molecule has 0 aliphatic carbocycles. The summed E-state index contributed by atoms with van der Waals surface area (Å²) >= 11 is 0. The van der Waals surface area contributed by atoms with Crippen LogP contribution in [0, 0.1) is 6.92 Å². The van der Waals surface area contributed by atoms with Crippen molar-refractivity contribution >= 4 is 16.7 Å². The fraction of sp³-hybridized carbons (Fsp3) is 0.133. The number of rotatable bonds is 2. The predicted octanol–water partition coefficient (Wildman–Crippen LogP) is 3.58. The molecule has 3 rings (SSSR count). The molecule has 0 bridgehead atoms. The number of para-hydroxylation sites is 1. The van der Waals surface area contributed by atoms with Gasteiger partial charge in [0.15, 0.2) is 0 Å². The summed E-state index contributed by atoms with van der Waals surface area (Å²) in [6.45, 7) is 2.08. The number of benzene rings is 2. The van der Waals surface area contributed by atoms with Gasteiger partial charge in [0, 0.05) is 18.3 Å². The lowest BCUT2D eigenvalue weighted by molar-refractivity contribution is 1.33. The molecule has 0 aliphatic rings. The first-order chi connectivity index (χ1) is 8.78. The second-order valence-corrected chi connectivity index (χ2v) is 4.38. The molecule has 3 heteroatoms. The highest BCUT2D eigenvalue weighted by molar-refractivity contribution is 5.82. The van der Waals surface area contributed by atoms with Gasteiger partial charge in [-0.25, -0.2) is 4.98 Å². The Bertz CT molecular complexity index is 681. The third-order valence-electron chi connectivity index (χ3n) is 3.16. The van der Waals surface area contributed by atoms with Crippen molar-refractivity contribution < 1.29 is 0 Å². The Labute approximate surface area is 106 Å². The van der Waals surface area contributed by atoms with Gasteiger partial charge in [-0.15, -0.1) is 0 Å². The lowest BCUT2D eigenvalue weighted by Gasteiger charge is -2.00. The van der Waals surface area contributed by atoms with Gasteiger partial charge in [-0.05, 0) is 42.8 Å². The van der Waals surface area contributed by atoms with Gasteiger partial charge < -0.3 is 10.3 Å². The first kappa shape index (κ1) is 10.8. The number of aryl methyl sites for hydroxylation is 1. The van der Waals surface area contributed by atoms with E-state index in [1.54, 1.807) is 0 Å². The molecule has 0 saturated carbocycles. The van der Waals surface area contributed by atoms with Crippen LogP contribution in [-0.4, -0.2) is 17.0 Å². The number of anilines is 1. The van der Waals surface area contributed by atoms with E-state index in [4.69, 9.17) is 0 Å². The smallest absolute Gasteiger partial charge is 0.138 e. The van der Waals surface area contributed by atoms with Crippen LogP contribution < -0.4 is 5.32 Å². The molecule has 0 radical (unpaired) electrons. The molecule has 3 aromatic rings. The largest absolute Gasteiger partial charge is 0.388 e. The Hall–Kier alpha value is -2.29. The standard InChI is InChI=1S/C15H15N3/c1-10-4-3-5-13-14(10)18-15(17-13)11-6-8-12(16-2)9-7-11/h3-9,16H,1-2H3,(H,17,18). The van der Waals surface area contributed by atoms with Crippen molar-refractivity contribution in [3.05, 3.63) is 48.0 Å². The summed E-state index contributed by atoms with van der Waals surface area (Å²) in [5.74, 6) is 0.918. The van der Waals surface area contributed by atoms with E-state index in [1.807, 2.05) is 13.1 Å². The van der Waals surface area contributed by atoms with E-state index in [9.17, 15) is 0 Å². The minimum atomic E-state index is 0.918. The third-order valence-corrected chi connectivity index (χ3v) is 3.16. The average molecular weight is 237 g/mol. The summed E-state index contributed by atoms with van der Waals surface area (Å²) in [7, 11) is 1.92. The zero-order valence-electron chi connectivity index (χ0n) is 10.5.